The van der Waals surface area contributed by atoms with Gasteiger partial charge >= 0.3 is 6.03 Å². The molecule has 0 saturated carbocycles. The lowest BCUT2D eigenvalue weighted by Gasteiger charge is -2.24. The Labute approximate surface area is 181 Å². The molecule has 7 heteroatoms. The Kier molecular flexibility index (Phi) is 5.72. The molecule has 1 aliphatic rings. The third kappa shape index (κ3) is 4.50. The van der Waals surface area contributed by atoms with Gasteiger partial charge in [-0.3, -0.25) is 19.3 Å². The lowest BCUT2D eigenvalue weighted by Crippen LogP contribution is -2.42. The molecule has 1 saturated heterocycles. The highest BCUT2D eigenvalue weighted by Gasteiger charge is 2.49. The lowest BCUT2D eigenvalue weighted by atomic mass is 9.84. The van der Waals surface area contributed by atoms with Crippen molar-refractivity contribution in [2.45, 2.75) is 45.6 Å². The first kappa shape index (κ1) is 22.2. The summed E-state index contributed by atoms with van der Waals surface area (Å²) in [6.07, 6.45) is 0. The van der Waals surface area contributed by atoms with Crippen molar-refractivity contribution < 1.29 is 19.2 Å². The van der Waals surface area contributed by atoms with Crippen molar-refractivity contribution in [3.63, 3.8) is 0 Å². The van der Waals surface area contributed by atoms with Crippen molar-refractivity contribution in [2.24, 2.45) is 0 Å². The molecule has 0 unspecified atom stereocenters. The Balaban J connectivity index is 1.74. The van der Waals surface area contributed by atoms with Gasteiger partial charge in [0.2, 0.25) is 5.91 Å². The van der Waals surface area contributed by atoms with Gasteiger partial charge in [-0.15, -0.1) is 0 Å². The summed E-state index contributed by atoms with van der Waals surface area (Å²) in [7, 11) is 0. The lowest BCUT2D eigenvalue weighted by molar-refractivity contribution is -0.133. The fraction of sp³-hybridized carbons (Fsp3) is 0.333. The SMILES string of the molecule is CC(=O)c1cccc(NC(=O)CN2C(=O)N[C@](C)(c3ccc(C(C)(C)C)cc3)C2=O)c1. The normalized spacial score (nSPS) is 18.7. The molecule has 2 aromatic carbocycles. The number of ketones is 1. The van der Waals surface area contributed by atoms with E-state index in [4.69, 9.17) is 0 Å². The largest absolute Gasteiger partial charge is 0.325 e. The number of carbonyl (C=O) groups excluding carboxylic acids is 4. The number of nitrogens with one attached hydrogen (secondary N) is 2. The minimum absolute atomic E-state index is 0.0355. The van der Waals surface area contributed by atoms with Crippen LogP contribution in [-0.2, 0) is 20.5 Å². The molecule has 4 amide bonds. The zero-order chi connectivity index (χ0) is 23.0. The van der Waals surface area contributed by atoms with Gasteiger partial charge in [-0.2, -0.15) is 0 Å². The second-order valence-electron chi connectivity index (χ2n) is 8.96. The molecule has 0 aromatic heterocycles. The monoisotopic (exact) mass is 421 g/mol. The molecule has 0 spiro atoms. The summed E-state index contributed by atoms with van der Waals surface area (Å²) in [6.45, 7) is 8.93. The number of carbonyl (C=O) groups is 4. The summed E-state index contributed by atoms with van der Waals surface area (Å²) in [6, 6.07) is 13.4. The first-order valence-corrected chi connectivity index (χ1v) is 10.1. The number of imide groups is 1. The quantitative estimate of drug-likeness (QED) is 0.570. The van der Waals surface area contributed by atoms with Gasteiger partial charge in [0.25, 0.3) is 5.91 Å². The highest BCUT2D eigenvalue weighted by Crippen LogP contribution is 2.31. The first-order valence-electron chi connectivity index (χ1n) is 10.1. The predicted molar refractivity (Wildman–Crippen MR) is 118 cm³/mol. The van der Waals surface area contributed by atoms with E-state index in [1.807, 2.05) is 24.3 Å². The maximum atomic E-state index is 13.1. The second-order valence-corrected chi connectivity index (χ2v) is 8.96. The van der Waals surface area contributed by atoms with Crippen molar-refractivity contribution in [1.29, 1.82) is 0 Å². The summed E-state index contributed by atoms with van der Waals surface area (Å²) in [4.78, 5) is 50.5. The van der Waals surface area contributed by atoms with Gasteiger partial charge in [-0.25, -0.2) is 4.79 Å². The molecular formula is C24H27N3O4. The van der Waals surface area contributed by atoms with Crippen molar-refractivity contribution in [3.05, 3.63) is 65.2 Å². The average molecular weight is 421 g/mol. The van der Waals surface area contributed by atoms with Gasteiger partial charge in [0, 0.05) is 11.3 Å². The second kappa shape index (κ2) is 7.98. The maximum absolute atomic E-state index is 13.1. The molecule has 3 rings (SSSR count). The van der Waals surface area contributed by atoms with Crippen LogP contribution in [0.3, 0.4) is 0 Å². The number of amides is 4. The number of Topliss-reactive ketones (excluding diaryl/α,β-unsaturated/α-hetero) is 1. The van der Waals surface area contributed by atoms with E-state index in [0.717, 1.165) is 10.5 Å². The fourth-order valence-corrected chi connectivity index (χ4v) is 3.50. The molecule has 0 aliphatic carbocycles. The van der Waals surface area contributed by atoms with Crippen molar-refractivity contribution >= 4 is 29.3 Å². The summed E-state index contributed by atoms with van der Waals surface area (Å²) in [5.74, 6) is -1.15. The minimum atomic E-state index is -1.25. The molecule has 1 aliphatic heterocycles. The molecule has 1 heterocycles. The third-order valence-corrected chi connectivity index (χ3v) is 5.46. The number of hydrogen-bond acceptors (Lipinski definition) is 4. The number of anilines is 1. The van der Waals surface area contributed by atoms with E-state index in [9.17, 15) is 19.2 Å². The molecule has 162 valence electrons. The van der Waals surface area contributed by atoms with Gasteiger partial charge < -0.3 is 10.6 Å². The summed E-state index contributed by atoms with van der Waals surface area (Å²) in [5, 5.41) is 5.34. The van der Waals surface area contributed by atoms with Crippen LogP contribution in [0.2, 0.25) is 0 Å². The van der Waals surface area contributed by atoms with Crippen LogP contribution < -0.4 is 10.6 Å². The van der Waals surface area contributed by atoms with E-state index >= 15 is 0 Å². The van der Waals surface area contributed by atoms with Crippen LogP contribution in [0.5, 0.6) is 0 Å². The summed E-state index contributed by atoms with van der Waals surface area (Å²) >= 11 is 0. The standard InChI is InChI=1S/C24H27N3O4/c1-15(28)16-7-6-8-19(13-16)25-20(29)14-27-21(30)24(5,26-22(27)31)18-11-9-17(10-12-18)23(2,3)4/h6-13H,14H2,1-5H3,(H,25,29)(H,26,31)/t24-/m1/s1. The Bertz CT molecular complexity index is 1050. The number of rotatable bonds is 5. The number of urea groups is 1. The smallest absolute Gasteiger partial charge is 0.325 e. The average Bonchev–Trinajstić information content (AvgIpc) is 2.91. The van der Waals surface area contributed by atoms with E-state index in [0.29, 0.717) is 16.8 Å². The predicted octanol–water partition coefficient (Wildman–Crippen LogP) is 3.59. The van der Waals surface area contributed by atoms with Crippen molar-refractivity contribution in [2.75, 3.05) is 11.9 Å². The Morgan fingerprint density at radius 2 is 1.71 bits per heavy atom. The third-order valence-electron chi connectivity index (χ3n) is 5.46. The molecule has 2 N–H and O–H groups in total. The Hall–Kier alpha value is -3.48. The molecule has 1 fully saturated rings. The van der Waals surface area contributed by atoms with Gasteiger partial charge in [-0.05, 0) is 42.5 Å². The topological polar surface area (TPSA) is 95.6 Å². The van der Waals surface area contributed by atoms with Gasteiger partial charge in [-0.1, -0.05) is 57.2 Å². The van der Waals surface area contributed by atoms with Crippen LogP contribution in [0.25, 0.3) is 0 Å². The molecular weight excluding hydrogens is 394 g/mol. The van der Waals surface area contributed by atoms with Crippen molar-refractivity contribution in [3.8, 4) is 0 Å². The van der Waals surface area contributed by atoms with Gasteiger partial charge in [0.1, 0.15) is 12.1 Å². The molecule has 2 aromatic rings. The maximum Gasteiger partial charge on any atom is 0.325 e. The fourth-order valence-electron chi connectivity index (χ4n) is 3.50. The minimum Gasteiger partial charge on any atom is -0.325 e. The molecule has 7 nitrogen and oxygen atoms in total. The number of hydrogen-bond donors (Lipinski definition) is 2. The van der Waals surface area contributed by atoms with E-state index < -0.39 is 29.9 Å². The van der Waals surface area contributed by atoms with Crippen LogP contribution >= 0.6 is 0 Å². The van der Waals surface area contributed by atoms with Gasteiger partial charge in [0.05, 0.1) is 0 Å². The molecule has 0 radical (unpaired) electrons. The highest BCUT2D eigenvalue weighted by atomic mass is 16.2. The van der Waals surface area contributed by atoms with Crippen LogP contribution in [0.15, 0.2) is 48.5 Å². The summed E-state index contributed by atoms with van der Waals surface area (Å²) < 4.78 is 0. The van der Waals surface area contributed by atoms with Crippen LogP contribution in [0.4, 0.5) is 10.5 Å². The number of benzene rings is 2. The van der Waals surface area contributed by atoms with E-state index in [2.05, 4.69) is 31.4 Å². The Morgan fingerprint density at radius 1 is 1.06 bits per heavy atom. The first-order chi connectivity index (χ1) is 14.4. The number of nitrogens with zero attached hydrogens (tertiary/aromatic N) is 1. The van der Waals surface area contributed by atoms with Crippen LogP contribution in [-0.4, -0.2) is 35.1 Å². The van der Waals surface area contributed by atoms with E-state index in [1.165, 1.54) is 6.92 Å². The van der Waals surface area contributed by atoms with E-state index in [-0.39, 0.29) is 11.2 Å². The molecule has 1 atom stereocenters. The van der Waals surface area contributed by atoms with Gasteiger partial charge in [0.15, 0.2) is 5.78 Å². The highest BCUT2D eigenvalue weighted by molar-refractivity contribution is 6.10. The molecule has 0 bridgehead atoms. The zero-order valence-corrected chi connectivity index (χ0v) is 18.4. The van der Waals surface area contributed by atoms with Crippen LogP contribution in [0.1, 0.15) is 56.1 Å². The molecule has 31 heavy (non-hydrogen) atoms. The van der Waals surface area contributed by atoms with Crippen LogP contribution in [0, 0.1) is 0 Å². The van der Waals surface area contributed by atoms with Crippen molar-refractivity contribution in [1.82, 2.24) is 10.2 Å². The summed E-state index contributed by atoms with van der Waals surface area (Å²) in [5.41, 5.74) is 1.36. The van der Waals surface area contributed by atoms with E-state index in [1.54, 1.807) is 31.2 Å². The Morgan fingerprint density at radius 3 is 2.29 bits per heavy atom. The zero-order valence-electron chi connectivity index (χ0n) is 18.4.